The first-order chi connectivity index (χ1) is 9.65. The Kier molecular flexibility index (Phi) is 5.15. The van der Waals surface area contributed by atoms with Crippen molar-refractivity contribution in [3.05, 3.63) is 17.7 Å². The smallest absolute Gasteiger partial charge is 0.252 e. The molecule has 0 aliphatic heterocycles. The summed E-state index contributed by atoms with van der Waals surface area (Å²) < 4.78 is 33.1. The lowest BCUT2D eigenvalue weighted by molar-refractivity contribution is 0.0814. The summed E-state index contributed by atoms with van der Waals surface area (Å²) in [7, 11) is 0. The highest BCUT2D eigenvalue weighted by Crippen LogP contribution is 2.31. The zero-order valence-electron chi connectivity index (χ0n) is 12.1. The van der Waals surface area contributed by atoms with Crippen LogP contribution < -0.4 is 10.1 Å². The molecular weight excluding hydrogens is 262 g/mol. The van der Waals surface area contributed by atoms with Crippen molar-refractivity contribution in [2.24, 2.45) is 5.92 Å². The zero-order chi connectivity index (χ0) is 14.5. The maximum Gasteiger partial charge on any atom is 0.252 e. The Hall–Kier alpha value is -1.39. The minimum absolute atomic E-state index is 0.0179. The summed E-state index contributed by atoms with van der Waals surface area (Å²) in [6.07, 6.45) is 5.28. The molecule has 5 heteroatoms. The molecule has 1 aliphatic rings. The van der Waals surface area contributed by atoms with Gasteiger partial charge in [0.25, 0.3) is 5.88 Å². The Labute approximate surface area is 118 Å². The number of halogens is 2. The molecule has 0 amide bonds. The van der Waals surface area contributed by atoms with Gasteiger partial charge in [-0.1, -0.05) is 13.3 Å². The van der Waals surface area contributed by atoms with Gasteiger partial charge >= 0.3 is 0 Å². The molecule has 20 heavy (non-hydrogen) atoms. The predicted octanol–water partition coefficient (Wildman–Crippen LogP) is 4.14. The van der Waals surface area contributed by atoms with Gasteiger partial charge in [0.15, 0.2) is 17.5 Å². The summed E-state index contributed by atoms with van der Waals surface area (Å²) in [6.45, 7) is 4.47. The van der Waals surface area contributed by atoms with Crippen LogP contribution >= 0.6 is 0 Å². The highest BCUT2D eigenvalue weighted by atomic mass is 19.1. The third-order valence-electron chi connectivity index (χ3n) is 3.87. The van der Waals surface area contributed by atoms with Crippen LogP contribution in [0.5, 0.6) is 5.88 Å². The van der Waals surface area contributed by atoms with E-state index in [4.69, 9.17) is 4.74 Å². The van der Waals surface area contributed by atoms with Crippen molar-refractivity contribution >= 4 is 5.82 Å². The molecule has 2 unspecified atom stereocenters. The molecule has 1 aromatic rings. The van der Waals surface area contributed by atoms with Crippen LogP contribution in [0.2, 0.25) is 0 Å². The second kappa shape index (κ2) is 6.86. The summed E-state index contributed by atoms with van der Waals surface area (Å²) in [4.78, 5) is 3.94. The highest BCUT2D eigenvalue weighted by Gasteiger charge is 2.27. The first kappa shape index (κ1) is 15.0. The van der Waals surface area contributed by atoms with Crippen LogP contribution in [0.15, 0.2) is 6.07 Å². The summed E-state index contributed by atoms with van der Waals surface area (Å²) in [6, 6.07) is 0.837. The minimum atomic E-state index is -0.732. The number of hydrogen-bond acceptors (Lipinski definition) is 3. The number of ether oxygens (including phenoxy) is 1. The van der Waals surface area contributed by atoms with E-state index >= 15 is 0 Å². The van der Waals surface area contributed by atoms with Gasteiger partial charge in [-0.05, 0) is 38.5 Å². The number of anilines is 1. The molecule has 1 N–H and O–H groups in total. The fraction of sp³-hybridized carbons (Fsp3) is 0.667. The van der Waals surface area contributed by atoms with E-state index in [1.807, 2.05) is 6.92 Å². The van der Waals surface area contributed by atoms with Gasteiger partial charge in [0.05, 0.1) is 0 Å². The number of rotatable bonds is 5. The number of nitrogens with one attached hydrogen (secondary N) is 1. The second-order valence-corrected chi connectivity index (χ2v) is 5.25. The first-order valence-electron chi connectivity index (χ1n) is 7.42. The molecule has 2 atom stereocenters. The fourth-order valence-corrected chi connectivity index (χ4v) is 2.76. The van der Waals surface area contributed by atoms with Crippen molar-refractivity contribution < 1.29 is 13.5 Å². The lowest BCUT2D eigenvalue weighted by Crippen LogP contribution is -2.30. The average Bonchev–Trinajstić information content (AvgIpc) is 2.45. The normalized spacial score (nSPS) is 22.6. The maximum absolute atomic E-state index is 13.8. The van der Waals surface area contributed by atoms with E-state index in [1.165, 1.54) is 6.42 Å². The van der Waals surface area contributed by atoms with E-state index in [1.54, 1.807) is 0 Å². The van der Waals surface area contributed by atoms with E-state index in [9.17, 15) is 8.78 Å². The van der Waals surface area contributed by atoms with Gasteiger partial charge in [-0.2, -0.15) is 4.98 Å². The largest absolute Gasteiger partial charge is 0.472 e. The van der Waals surface area contributed by atoms with Crippen LogP contribution in [0.3, 0.4) is 0 Å². The lowest BCUT2D eigenvalue weighted by Gasteiger charge is -2.30. The van der Waals surface area contributed by atoms with Crippen molar-refractivity contribution in [2.75, 3.05) is 11.9 Å². The Morgan fingerprint density at radius 2 is 2.00 bits per heavy atom. The lowest BCUT2D eigenvalue weighted by atomic mass is 9.85. The molecule has 1 saturated carbocycles. The van der Waals surface area contributed by atoms with E-state index in [-0.39, 0.29) is 17.8 Å². The highest BCUT2D eigenvalue weighted by molar-refractivity contribution is 5.39. The number of pyridine rings is 1. The first-order valence-corrected chi connectivity index (χ1v) is 7.42. The van der Waals surface area contributed by atoms with Crippen LogP contribution in [-0.4, -0.2) is 17.6 Å². The minimum Gasteiger partial charge on any atom is -0.472 e. The second-order valence-electron chi connectivity index (χ2n) is 5.25. The summed E-state index contributed by atoms with van der Waals surface area (Å²) in [5, 5.41) is 2.77. The van der Waals surface area contributed by atoms with Gasteiger partial charge in [-0.25, -0.2) is 8.78 Å². The van der Waals surface area contributed by atoms with Crippen molar-refractivity contribution in [3.8, 4) is 5.88 Å². The monoisotopic (exact) mass is 284 g/mol. The summed E-state index contributed by atoms with van der Waals surface area (Å²) in [5.74, 6) is -1.03. The van der Waals surface area contributed by atoms with Gasteiger partial charge in [-0.15, -0.1) is 0 Å². The molecule has 1 aromatic heterocycles. The molecule has 112 valence electrons. The topological polar surface area (TPSA) is 34.2 Å². The van der Waals surface area contributed by atoms with Crippen LogP contribution in [0.4, 0.5) is 14.6 Å². The molecule has 0 spiro atoms. The quantitative estimate of drug-likeness (QED) is 0.882. The van der Waals surface area contributed by atoms with Gasteiger partial charge in [-0.3, -0.25) is 0 Å². The molecule has 0 aromatic carbocycles. The third-order valence-corrected chi connectivity index (χ3v) is 3.87. The number of nitrogens with zero attached hydrogens (tertiary/aromatic N) is 1. The van der Waals surface area contributed by atoms with Crippen LogP contribution in [0.1, 0.15) is 46.0 Å². The zero-order valence-corrected chi connectivity index (χ0v) is 12.1. The van der Waals surface area contributed by atoms with E-state index < -0.39 is 11.6 Å². The standard InChI is InChI=1S/C15H22F2N2O/c1-3-10-7-5-6-8-13(10)20-15-12(17)9-11(16)14(19-15)18-4-2/h9-10,13H,3-8H2,1-2H3,(H,18,19). The Morgan fingerprint density at radius 1 is 1.25 bits per heavy atom. The van der Waals surface area contributed by atoms with Gasteiger partial charge < -0.3 is 10.1 Å². The Balaban J connectivity index is 2.17. The van der Waals surface area contributed by atoms with Crippen LogP contribution in [0.25, 0.3) is 0 Å². The predicted molar refractivity (Wildman–Crippen MR) is 75.0 cm³/mol. The van der Waals surface area contributed by atoms with E-state index in [0.29, 0.717) is 12.5 Å². The van der Waals surface area contributed by atoms with Crippen LogP contribution in [-0.2, 0) is 0 Å². The molecule has 0 bridgehead atoms. The van der Waals surface area contributed by atoms with Crippen molar-refractivity contribution in [3.63, 3.8) is 0 Å². The molecule has 1 heterocycles. The van der Waals surface area contributed by atoms with Crippen LogP contribution in [0, 0.1) is 17.6 Å². The van der Waals surface area contributed by atoms with E-state index in [0.717, 1.165) is 31.7 Å². The maximum atomic E-state index is 13.8. The molecule has 2 rings (SSSR count). The summed E-state index contributed by atoms with van der Waals surface area (Å²) in [5.41, 5.74) is 0. The number of hydrogen-bond donors (Lipinski definition) is 1. The average molecular weight is 284 g/mol. The Bertz CT molecular complexity index is 454. The van der Waals surface area contributed by atoms with Gasteiger partial charge in [0, 0.05) is 12.6 Å². The third kappa shape index (κ3) is 3.38. The molecule has 1 fully saturated rings. The van der Waals surface area contributed by atoms with E-state index in [2.05, 4.69) is 17.2 Å². The van der Waals surface area contributed by atoms with Gasteiger partial charge in [0.2, 0.25) is 0 Å². The molecular formula is C15H22F2N2O. The SMILES string of the molecule is CCNc1nc(OC2CCCCC2CC)c(F)cc1F. The fourth-order valence-electron chi connectivity index (χ4n) is 2.76. The molecule has 0 saturated heterocycles. The molecule has 1 aliphatic carbocycles. The Morgan fingerprint density at radius 3 is 2.70 bits per heavy atom. The number of aromatic nitrogens is 1. The molecule has 0 radical (unpaired) electrons. The molecule has 3 nitrogen and oxygen atoms in total. The summed E-state index contributed by atoms with van der Waals surface area (Å²) >= 11 is 0. The van der Waals surface area contributed by atoms with Gasteiger partial charge in [0.1, 0.15) is 6.10 Å². The van der Waals surface area contributed by atoms with Crippen molar-refractivity contribution in [1.29, 1.82) is 0 Å². The van der Waals surface area contributed by atoms with Crippen molar-refractivity contribution in [1.82, 2.24) is 4.98 Å². The van der Waals surface area contributed by atoms with Crippen molar-refractivity contribution in [2.45, 2.75) is 52.1 Å².